The summed E-state index contributed by atoms with van der Waals surface area (Å²) in [7, 11) is 3.08. The van der Waals surface area contributed by atoms with Gasteiger partial charge in [0.1, 0.15) is 12.2 Å². The molecule has 0 aromatic rings. The Kier molecular flexibility index (Phi) is 4.28. The highest BCUT2D eigenvalue weighted by molar-refractivity contribution is 4.91. The van der Waals surface area contributed by atoms with Crippen molar-refractivity contribution in [2.45, 2.75) is 37.6 Å². The van der Waals surface area contributed by atoms with E-state index in [1.165, 1.54) is 14.2 Å². The van der Waals surface area contributed by atoms with Gasteiger partial charge in [-0.2, -0.15) is 0 Å². The molecule has 1 saturated heterocycles. The van der Waals surface area contributed by atoms with E-state index in [4.69, 9.17) is 30.4 Å². The summed E-state index contributed by atoms with van der Waals surface area (Å²) >= 11 is 0. The predicted octanol–water partition coefficient (Wildman–Crippen LogP) is -0.587. The zero-order valence-corrected chi connectivity index (χ0v) is 10.4. The van der Waals surface area contributed by atoms with Gasteiger partial charge in [-0.1, -0.05) is 0 Å². The minimum atomic E-state index is -1.00. The fraction of sp³-hybridized carbons (Fsp3) is 1.00. The normalized spacial score (nSPS) is 44.6. The van der Waals surface area contributed by atoms with Gasteiger partial charge in [-0.15, -0.1) is 0 Å². The third-order valence-electron chi connectivity index (χ3n) is 3.24. The van der Waals surface area contributed by atoms with Crippen molar-refractivity contribution in [2.24, 2.45) is 11.5 Å². The average Bonchev–Trinajstić information content (AvgIpc) is 2.31. The zero-order valence-electron chi connectivity index (χ0n) is 10.4. The molecule has 1 heterocycles. The fourth-order valence-electron chi connectivity index (χ4n) is 1.81. The number of ether oxygens (including phenoxy) is 4. The molecular weight excluding hydrogens is 212 g/mol. The minimum absolute atomic E-state index is 0.293. The van der Waals surface area contributed by atoms with E-state index in [-0.39, 0.29) is 12.2 Å². The molecule has 4 atom stereocenters. The smallest absolute Gasteiger partial charge is 0.220 e. The van der Waals surface area contributed by atoms with Crippen molar-refractivity contribution >= 4 is 0 Å². The van der Waals surface area contributed by atoms with Gasteiger partial charge >= 0.3 is 0 Å². The lowest BCUT2D eigenvalue weighted by Crippen LogP contribution is -2.67. The largest absolute Gasteiger partial charge is 0.349 e. The Hall–Kier alpha value is -0.240. The van der Waals surface area contributed by atoms with Crippen LogP contribution in [0.3, 0.4) is 0 Å². The minimum Gasteiger partial charge on any atom is -0.349 e. The first kappa shape index (κ1) is 13.8. The Morgan fingerprint density at radius 2 is 1.25 bits per heavy atom. The molecule has 0 saturated carbocycles. The summed E-state index contributed by atoms with van der Waals surface area (Å²) < 4.78 is 22.3. The van der Waals surface area contributed by atoms with Crippen molar-refractivity contribution in [1.82, 2.24) is 0 Å². The van der Waals surface area contributed by atoms with Crippen LogP contribution in [-0.2, 0) is 18.9 Å². The molecule has 6 nitrogen and oxygen atoms in total. The Morgan fingerprint density at radius 3 is 1.44 bits per heavy atom. The predicted molar refractivity (Wildman–Crippen MR) is 58.7 cm³/mol. The van der Waals surface area contributed by atoms with Gasteiger partial charge in [0.2, 0.25) is 11.6 Å². The highest BCUT2D eigenvalue weighted by Crippen LogP contribution is 2.38. The van der Waals surface area contributed by atoms with Gasteiger partial charge in [0.15, 0.2) is 0 Å². The lowest BCUT2D eigenvalue weighted by molar-refractivity contribution is -0.445. The SMILES string of the molecule is COC1(C)O[C@@H](CN)[C@@H](CN)OC1(C)OC. The number of nitrogens with two attached hydrogens (primary N) is 2. The molecule has 0 aromatic heterocycles. The third-order valence-corrected chi connectivity index (χ3v) is 3.24. The Balaban J connectivity index is 2.94. The van der Waals surface area contributed by atoms with Crippen molar-refractivity contribution in [3.63, 3.8) is 0 Å². The van der Waals surface area contributed by atoms with Crippen LogP contribution in [0.1, 0.15) is 13.8 Å². The second kappa shape index (κ2) is 4.95. The van der Waals surface area contributed by atoms with Gasteiger partial charge in [-0.3, -0.25) is 0 Å². The fourth-order valence-corrected chi connectivity index (χ4v) is 1.81. The molecule has 0 spiro atoms. The molecule has 2 unspecified atom stereocenters. The number of methoxy groups -OCH3 is 2. The molecule has 0 amide bonds. The van der Waals surface area contributed by atoms with Crippen molar-refractivity contribution in [3.05, 3.63) is 0 Å². The highest BCUT2D eigenvalue weighted by atomic mass is 16.8. The molecule has 0 bridgehead atoms. The van der Waals surface area contributed by atoms with Crippen LogP contribution in [0, 0.1) is 0 Å². The molecule has 0 aromatic carbocycles. The Labute approximate surface area is 96.2 Å². The van der Waals surface area contributed by atoms with Gasteiger partial charge in [0.25, 0.3) is 0 Å². The topological polar surface area (TPSA) is 89.0 Å². The summed E-state index contributed by atoms with van der Waals surface area (Å²) in [6.07, 6.45) is -0.587. The highest BCUT2D eigenvalue weighted by Gasteiger charge is 2.55. The zero-order chi connectivity index (χ0) is 12.4. The summed E-state index contributed by atoms with van der Waals surface area (Å²) in [5.41, 5.74) is 11.2. The monoisotopic (exact) mass is 234 g/mol. The van der Waals surface area contributed by atoms with Crippen LogP contribution in [0.4, 0.5) is 0 Å². The second-order valence-electron chi connectivity index (χ2n) is 4.08. The van der Waals surface area contributed by atoms with E-state index in [0.717, 1.165) is 0 Å². The summed E-state index contributed by atoms with van der Waals surface area (Å²) in [5.74, 6) is -2.01. The van der Waals surface area contributed by atoms with Crippen molar-refractivity contribution < 1.29 is 18.9 Å². The van der Waals surface area contributed by atoms with Crippen molar-refractivity contribution in [2.75, 3.05) is 27.3 Å². The summed E-state index contributed by atoms with van der Waals surface area (Å²) in [6.45, 7) is 4.15. The molecule has 1 aliphatic heterocycles. The second-order valence-corrected chi connectivity index (χ2v) is 4.08. The summed E-state index contributed by atoms with van der Waals surface area (Å²) in [4.78, 5) is 0. The first-order valence-corrected chi connectivity index (χ1v) is 5.32. The van der Waals surface area contributed by atoms with Crippen LogP contribution in [-0.4, -0.2) is 51.1 Å². The lowest BCUT2D eigenvalue weighted by Gasteiger charge is -2.51. The first-order chi connectivity index (χ1) is 7.46. The van der Waals surface area contributed by atoms with Crippen LogP contribution < -0.4 is 11.5 Å². The Morgan fingerprint density at radius 1 is 0.938 bits per heavy atom. The molecule has 1 fully saturated rings. The number of hydrogen-bond acceptors (Lipinski definition) is 6. The van der Waals surface area contributed by atoms with Gasteiger partial charge < -0.3 is 30.4 Å². The van der Waals surface area contributed by atoms with Crippen LogP contribution >= 0.6 is 0 Å². The molecule has 6 heteroatoms. The molecule has 4 N–H and O–H groups in total. The van der Waals surface area contributed by atoms with E-state index < -0.39 is 11.6 Å². The van der Waals surface area contributed by atoms with E-state index in [1.54, 1.807) is 13.8 Å². The van der Waals surface area contributed by atoms with Crippen molar-refractivity contribution in [3.8, 4) is 0 Å². The maximum atomic E-state index is 5.81. The van der Waals surface area contributed by atoms with Gasteiger partial charge in [0, 0.05) is 27.3 Å². The van der Waals surface area contributed by atoms with E-state index in [1.807, 2.05) is 0 Å². The molecule has 1 rings (SSSR count). The number of hydrogen-bond donors (Lipinski definition) is 2. The van der Waals surface area contributed by atoms with Gasteiger partial charge in [0.05, 0.1) is 0 Å². The van der Waals surface area contributed by atoms with Crippen molar-refractivity contribution in [1.29, 1.82) is 0 Å². The molecule has 96 valence electrons. The molecular formula is C10H22N2O4. The van der Waals surface area contributed by atoms with E-state index >= 15 is 0 Å². The van der Waals surface area contributed by atoms with Gasteiger partial charge in [-0.25, -0.2) is 0 Å². The lowest BCUT2D eigenvalue weighted by atomic mass is 10.0. The molecule has 1 aliphatic rings. The van der Waals surface area contributed by atoms with Crippen LogP contribution in [0.25, 0.3) is 0 Å². The Bertz CT molecular complexity index is 217. The van der Waals surface area contributed by atoms with Crippen LogP contribution in [0.15, 0.2) is 0 Å². The van der Waals surface area contributed by atoms with E-state index in [2.05, 4.69) is 0 Å². The maximum Gasteiger partial charge on any atom is 0.220 e. The van der Waals surface area contributed by atoms with Gasteiger partial charge in [-0.05, 0) is 13.8 Å². The maximum absolute atomic E-state index is 5.81. The van der Waals surface area contributed by atoms with Crippen LogP contribution in [0.2, 0.25) is 0 Å². The van der Waals surface area contributed by atoms with E-state index in [0.29, 0.717) is 13.1 Å². The molecule has 0 radical (unpaired) electrons. The standard InChI is InChI=1S/C10H22N2O4/c1-9(13-3)10(2,14-4)16-8(6-12)7(5-11)15-9/h7-8H,5-6,11-12H2,1-4H3/t7-,8+,9?,10?. The summed E-state index contributed by atoms with van der Waals surface area (Å²) in [5, 5.41) is 0. The average molecular weight is 234 g/mol. The van der Waals surface area contributed by atoms with Crippen LogP contribution in [0.5, 0.6) is 0 Å². The quantitative estimate of drug-likeness (QED) is 0.676. The first-order valence-electron chi connectivity index (χ1n) is 5.32. The molecule has 16 heavy (non-hydrogen) atoms. The van der Waals surface area contributed by atoms with E-state index in [9.17, 15) is 0 Å². The number of rotatable bonds is 4. The molecule has 0 aliphatic carbocycles. The third kappa shape index (κ3) is 2.09. The summed E-state index contributed by atoms with van der Waals surface area (Å²) in [6, 6.07) is 0.